The molecular formula is C22H21N5O4. The molecule has 0 aliphatic carbocycles. The van der Waals surface area contributed by atoms with Gasteiger partial charge in [-0.2, -0.15) is 10.2 Å². The van der Waals surface area contributed by atoms with Gasteiger partial charge < -0.3 is 24.8 Å². The number of piperidine rings is 1. The number of carbonyl (C=O) groups excluding carboxylic acids is 2. The summed E-state index contributed by atoms with van der Waals surface area (Å²) in [6, 6.07) is 12.6. The number of furan rings is 1. The molecule has 3 N–H and O–H groups in total. The molecule has 1 aliphatic rings. The minimum Gasteiger partial charge on any atom is -0.459 e. The summed E-state index contributed by atoms with van der Waals surface area (Å²) in [7, 11) is 0. The van der Waals surface area contributed by atoms with Gasteiger partial charge in [-0.25, -0.2) is 0 Å². The van der Waals surface area contributed by atoms with E-state index >= 15 is 0 Å². The molecule has 3 heterocycles. The number of benzene rings is 1. The average Bonchev–Trinajstić information content (AvgIpc) is 3.44. The van der Waals surface area contributed by atoms with Crippen molar-refractivity contribution in [2.45, 2.75) is 19.3 Å². The number of nitrogens with zero attached hydrogens (tertiary/aromatic N) is 3. The number of rotatable bonds is 6. The lowest BCUT2D eigenvalue weighted by Gasteiger charge is -2.30. The molecule has 9 heteroatoms. The molecule has 1 saturated heterocycles. The number of hydrogen-bond acceptors (Lipinski definition) is 7. The van der Waals surface area contributed by atoms with Crippen LogP contribution in [0.2, 0.25) is 0 Å². The Morgan fingerprint density at radius 3 is 2.58 bits per heavy atom. The number of hydrogen-bond donors (Lipinski definition) is 2. The molecule has 31 heavy (non-hydrogen) atoms. The molecule has 2 amide bonds. The molecule has 158 valence electrons. The maximum Gasteiger partial charge on any atom is 0.266 e. The number of carbonyl (C=O) groups is 2. The smallest absolute Gasteiger partial charge is 0.266 e. The monoisotopic (exact) mass is 419 g/mol. The summed E-state index contributed by atoms with van der Waals surface area (Å²) < 4.78 is 11.1. The molecule has 1 fully saturated rings. The first-order valence-corrected chi connectivity index (χ1v) is 9.91. The lowest BCUT2D eigenvalue weighted by molar-refractivity contribution is -0.120. The standard InChI is InChI=1S/C22H21N5O4/c23-13-17-22(31-21(26-17)18-2-1-11-30-18)27-9-7-15(8-10-27)20(29)25-16-5-3-14(4-6-16)12-19(24)28/h1-6,11,15H,7-10,12H2,(H2,24,28)(H,25,29). The Bertz CT molecular complexity index is 1100. The van der Waals surface area contributed by atoms with Gasteiger partial charge in [0.15, 0.2) is 5.76 Å². The van der Waals surface area contributed by atoms with Crippen molar-refractivity contribution in [2.75, 3.05) is 23.3 Å². The fourth-order valence-corrected chi connectivity index (χ4v) is 3.60. The summed E-state index contributed by atoms with van der Waals surface area (Å²) in [5, 5.41) is 12.3. The molecule has 3 aromatic rings. The number of amides is 2. The van der Waals surface area contributed by atoms with Crippen molar-refractivity contribution < 1.29 is 18.4 Å². The quantitative estimate of drug-likeness (QED) is 0.626. The summed E-state index contributed by atoms with van der Waals surface area (Å²) >= 11 is 0. The average molecular weight is 419 g/mol. The zero-order valence-electron chi connectivity index (χ0n) is 16.7. The van der Waals surface area contributed by atoms with E-state index in [2.05, 4.69) is 16.4 Å². The van der Waals surface area contributed by atoms with Crippen LogP contribution >= 0.6 is 0 Å². The number of anilines is 2. The third kappa shape index (κ3) is 4.59. The van der Waals surface area contributed by atoms with Gasteiger partial charge in [-0.05, 0) is 42.7 Å². The Hall–Kier alpha value is -4.06. The van der Waals surface area contributed by atoms with Crippen LogP contribution in [0.5, 0.6) is 0 Å². The molecule has 0 saturated carbocycles. The Morgan fingerprint density at radius 2 is 1.97 bits per heavy atom. The fraction of sp³-hybridized carbons (Fsp3) is 0.273. The van der Waals surface area contributed by atoms with Gasteiger partial charge in [-0.15, -0.1) is 0 Å². The van der Waals surface area contributed by atoms with E-state index in [9.17, 15) is 14.9 Å². The lowest BCUT2D eigenvalue weighted by atomic mass is 9.95. The molecule has 1 aliphatic heterocycles. The minimum atomic E-state index is -0.397. The SMILES string of the molecule is N#Cc1nc(-c2ccco2)oc1N1CCC(C(=O)Nc2ccc(CC(N)=O)cc2)CC1. The molecule has 0 spiro atoms. The maximum absolute atomic E-state index is 12.7. The van der Waals surface area contributed by atoms with Crippen molar-refractivity contribution in [2.24, 2.45) is 11.7 Å². The van der Waals surface area contributed by atoms with Crippen LogP contribution in [-0.2, 0) is 16.0 Å². The van der Waals surface area contributed by atoms with Crippen molar-refractivity contribution in [3.8, 4) is 17.7 Å². The largest absolute Gasteiger partial charge is 0.459 e. The summed E-state index contributed by atoms with van der Waals surface area (Å²) in [5.41, 5.74) is 6.86. The van der Waals surface area contributed by atoms with Gasteiger partial charge in [0.05, 0.1) is 12.7 Å². The number of nitrogens with one attached hydrogen (secondary N) is 1. The van der Waals surface area contributed by atoms with Gasteiger partial charge in [-0.3, -0.25) is 9.59 Å². The van der Waals surface area contributed by atoms with Crippen LogP contribution in [0.3, 0.4) is 0 Å². The maximum atomic E-state index is 12.7. The molecule has 4 rings (SSSR count). The molecule has 1 aromatic carbocycles. The molecule has 0 unspecified atom stereocenters. The van der Waals surface area contributed by atoms with E-state index in [1.54, 1.807) is 36.4 Å². The third-order valence-corrected chi connectivity index (χ3v) is 5.20. The molecule has 9 nitrogen and oxygen atoms in total. The summed E-state index contributed by atoms with van der Waals surface area (Å²) in [6.45, 7) is 1.13. The highest BCUT2D eigenvalue weighted by Crippen LogP contribution is 2.31. The van der Waals surface area contributed by atoms with Gasteiger partial charge >= 0.3 is 0 Å². The van der Waals surface area contributed by atoms with Crippen molar-refractivity contribution in [1.29, 1.82) is 5.26 Å². The van der Waals surface area contributed by atoms with Gasteiger partial charge in [-0.1, -0.05) is 12.1 Å². The molecule has 0 radical (unpaired) electrons. The Morgan fingerprint density at radius 1 is 1.23 bits per heavy atom. The number of oxazole rings is 1. The van der Waals surface area contributed by atoms with E-state index < -0.39 is 5.91 Å². The highest BCUT2D eigenvalue weighted by molar-refractivity contribution is 5.92. The Labute approximate surface area is 178 Å². The first-order chi connectivity index (χ1) is 15.0. The lowest BCUT2D eigenvalue weighted by Crippen LogP contribution is -2.38. The third-order valence-electron chi connectivity index (χ3n) is 5.20. The molecule has 0 bridgehead atoms. The van der Waals surface area contributed by atoms with Crippen LogP contribution in [0.15, 0.2) is 51.5 Å². The van der Waals surface area contributed by atoms with Crippen LogP contribution in [0, 0.1) is 17.2 Å². The predicted octanol–water partition coefficient (Wildman–Crippen LogP) is 2.69. The zero-order chi connectivity index (χ0) is 21.8. The summed E-state index contributed by atoms with van der Waals surface area (Å²) in [6.07, 6.45) is 2.92. The van der Waals surface area contributed by atoms with Crippen LogP contribution in [-0.4, -0.2) is 29.9 Å². The van der Waals surface area contributed by atoms with Crippen molar-refractivity contribution in [3.63, 3.8) is 0 Å². The highest BCUT2D eigenvalue weighted by Gasteiger charge is 2.29. The second-order valence-corrected chi connectivity index (χ2v) is 7.35. The first-order valence-electron chi connectivity index (χ1n) is 9.91. The molecular weight excluding hydrogens is 398 g/mol. The number of aromatic nitrogens is 1. The highest BCUT2D eigenvalue weighted by atomic mass is 16.4. The number of primary amides is 1. The van der Waals surface area contributed by atoms with Crippen molar-refractivity contribution in [3.05, 3.63) is 53.9 Å². The van der Waals surface area contributed by atoms with Crippen molar-refractivity contribution in [1.82, 2.24) is 4.98 Å². The van der Waals surface area contributed by atoms with Crippen LogP contribution in [0.25, 0.3) is 11.7 Å². The van der Waals surface area contributed by atoms with Gasteiger partial charge in [0.1, 0.15) is 6.07 Å². The van der Waals surface area contributed by atoms with E-state index in [0.717, 1.165) is 5.56 Å². The van der Waals surface area contributed by atoms with E-state index in [0.29, 0.717) is 43.3 Å². The van der Waals surface area contributed by atoms with Crippen molar-refractivity contribution >= 4 is 23.4 Å². The molecule has 2 aromatic heterocycles. The summed E-state index contributed by atoms with van der Waals surface area (Å²) in [4.78, 5) is 29.8. The second-order valence-electron chi connectivity index (χ2n) is 7.35. The van der Waals surface area contributed by atoms with Gasteiger partial charge in [0.2, 0.25) is 23.4 Å². The minimum absolute atomic E-state index is 0.0587. The van der Waals surface area contributed by atoms with E-state index in [1.807, 2.05) is 4.90 Å². The van der Waals surface area contributed by atoms with E-state index in [-0.39, 0.29) is 29.8 Å². The number of nitriles is 1. The number of nitrogens with two attached hydrogens (primary N) is 1. The topological polar surface area (TPSA) is 138 Å². The van der Waals surface area contributed by atoms with E-state index in [4.69, 9.17) is 14.6 Å². The first kappa shape index (κ1) is 20.2. The zero-order valence-corrected chi connectivity index (χ0v) is 16.7. The molecule has 0 atom stereocenters. The Kier molecular flexibility index (Phi) is 5.71. The fourth-order valence-electron chi connectivity index (χ4n) is 3.60. The van der Waals surface area contributed by atoms with E-state index in [1.165, 1.54) is 6.26 Å². The second kappa shape index (κ2) is 8.75. The van der Waals surface area contributed by atoms with Crippen LogP contribution < -0.4 is 16.0 Å². The van der Waals surface area contributed by atoms with Gasteiger partial charge in [0.25, 0.3) is 5.89 Å². The van der Waals surface area contributed by atoms with Gasteiger partial charge in [0, 0.05) is 24.7 Å². The summed E-state index contributed by atoms with van der Waals surface area (Å²) in [5.74, 6) is 0.509. The Balaban J connectivity index is 1.36. The van der Waals surface area contributed by atoms with Crippen LogP contribution in [0.1, 0.15) is 24.1 Å². The predicted molar refractivity (Wildman–Crippen MR) is 112 cm³/mol. The normalized spacial score (nSPS) is 14.2. The van der Waals surface area contributed by atoms with Crippen LogP contribution in [0.4, 0.5) is 11.6 Å².